The molecular formula is C20H17ClN5O3S2+. The number of hydrogen-bond acceptors (Lipinski definition) is 7. The van der Waals surface area contributed by atoms with Gasteiger partial charge in [-0.15, -0.1) is 11.3 Å². The van der Waals surface area contributed by atoms with E-state index in [1.807, 2.05) is 17.5 Å². The average molecular weight is 475 g/mol. The number of fused-ring (bicyclic) bond motifs is 1. The van der Waals surface area contributed by atoms with Gasteiger partial charge in [-0.1, -0.05) is 34.4 Å². The monoisotopic (exact) mass is 474 g/mol. The van der Waals surface area contributed by atoms with Crippen molar-refractivity contribution in [1.29, 1.82) is 0 Å². The summed E-state index contributed by atoms with van der Waals surface area (Å²) in [6, 6.07) is 10.1. The number of carbonyl (C=O) groups excluding carboxylic acids is 3. The number of halogens is 1. The second-order valence-corrected chi connectivity index (χ2v) is 9.12. The number of aliphatic imine (C=N–C) groups is 2. The highest BCUT2D eigenvalue weighted by molar-refractivity contribution is 8.14. The summed E-state index contributed by atoms with van der Waals surface area (Å²) in [5.74, 6) is -0.734. The zero-order chi connectivity index (χ0) is 22.1. The van der Waals surface area contributed by atoms with E-state index in [9.17, 15) is 14.4 Å². The average Bonchev–Trinajstić information content (AvgIpc) is 3.31. The Morgan fingerprint density at radius 3 is 2.68 bits per heavy atom. The Morgan fingerprint density at radius 1 is 1.26 bits per heavy atom. The van der Waals surface area contributed by atoms with Gasteiger partial charge in [-0.2, -0.15) is 9.48 Å². The molecule has 8 nitrogen and oxygen atoms in total. The third-order valence-electron chi connectivity index (χ3n) is 4.66. The lowest BCUT2D eigenvalue weighted by molar-refractivity contribution is -0.407. The van der Waals surface area contributed by atoms with Crippen molar-refractivity contribution in [2.24, 2.45) is 15.9 Å². The first-order valence-electron chi connectivity index (χ1n) is 9.16. The van der Waals surface area contributed by atoms with Crippen LogP contribution in [0.5, 0.6) is 0 Å². The first-order chi connectivity index (χ1) is 14.8. The second kappa shape index (κ2) is 8.74. The molecule has 1 unspecified atom stereocenters. The van der Waals surface area contributed by atoms with Gasteiger partial charge < -0.3 is 5.32 Å². The summed E-state index contributed by atoms with van der Waals surface area (Å²) < 4.78 is 1.35. The van der Waals surface area contributed by atoms with Crippen molar-refractivity contribution < 1.29 is 19.0 Å². The van der Waals surface area contributed by atoms with Crippen LogP contribution in [-0.2, 0) is 9.59 Å². The number of imide groups is 1. The quantitative estimate of drug-likeness (QED) is 0.688. The number of rotatable bonds is 4. The number of amidine groups is 2. The van der Waals surface area contributed by atoms with E-state index in [4.69, 9.17) is 11.6 Å². The fourth-order valence-electron chi connectivity index (χ4n) is 3.07. The fourth-order valence-corrected chi connectivity index (χ4v) is 4.73. The summed E-state index contributed by atoms with van der Waals surface area (Å²) >= 11 is 8.48. The Bertz CT molecular complexity index is 1160. The Hall–Kier alpha value is -2.82. The van der Waals surface area contributed by atoms with Crippen LogP contribution in [0.25, 0.3) is 0 Å². The molecule has 0 saturated carbocycles. The molecule has 0 aliphatic carbocycles. The molecule has 1 atom stereocenters. The molecule has 2 aliphatic rings. The van der Waals surface area contributed by atoms with E-state index in [-0.39, 0.29) is 11.7 Å². The van der Waals surface area contributed by atoms with Crippen LogP contribution < -0.4 is 5.32 Å². The van der Waals surface area contributed by atoms with E-state index < -0.39 is 17.9 Å². The fraction of sp³-hybridized carbons (Fsp3) is 0.200. The molecule has 0 bridgehead atoms. The highest BCUT2D eigenvalue weighted by Gasteiger charge is 2.49. The molecule has 0 spiro atoms. The lowest BCUT2D eigenvalue weighted by atomic mass is 10.0. The predicted molar refractivity (Wildman–Crippen MR) is 124 cm³/mol. The van der Waals surface area contributed by atoms with Crippen molar-refractivity contribution in [3.63, 3.8) is 0 Å². The summed E-state index contributed by atoms with van der Waals surface area (Å²) in [5, 5.41) is 5.68. The summed E-state index contributed by atoms with van der Waals surface area (Å²) in [6.45, 7) is 0. The Morgan fingerprint density at radius 2 is 2.00 bits per heavy atom. The van der Waals surface area contributed by atoms with E-state index >= 15 is 0 Å². The molecule has 1 N–H and O–H groups in total. The molecule has 4 rings (SSSR count). The molecule has 2 aromatic rings. The Labute approximate surface area is 191 Å². The first-order valence-corrected chi connectivity index (χ1v) is 11.4. The van der Waals surface area contributed by atoms with E-state index in [0.717, 1.165) is 21.5 Å². The van der Waals surface area contributed by atoms with Crippen molar-refractivity contribution in [3.05, 3.63) is 51.7 Å². The van der Waals surface area contributed by atoms with Crippen molar-refractivity contribution in [2.75, 3.05) is 25.2 Å². The van der Waals surface area contributed by atoms with Gasteiger partial charge in [0.1, 0.15) is 5.04 Å². The molecular weight excluding hydrogens is 458 g/mol. The van der Waals surface area contributed by atoms with Gasteiger partial charge in [0.05, 0.1) is 24.7 Å². The van der Waals surface area contributed by atoms with Crippen LogP contribution >= 0.6 is 34.7 Å². The highest BCUT2D eigenvalue weighted by Crippen LogP contribution is 2.27. The summed E-state index contributed by atoms with van der Waals surface area (Å²) in [7, 11) is 3.00. The highest BCUT2D eigenvalue weighted by atomic mass is 35.5. The van der Waals surface area contributed by atoms with Gasteiger partial charge in [0.15, 0.2) is 5.92 Å². The number of urea groups is 1. The number of anilines is 1. The molecule has 11 heteroatoms. The predicted octanol–water partition coefficient (Wildman–Crippen LogP) is 3.18. The summed E-state index contributed by atoms with van der Waals surface area (Å²) in [6.07, 6.45) is 0. The number of hydrogen-bond donors (Lipinski definition) is 1. The van der Waals surface area contributed by atoms with E-state index in [0.29, 0.717) is 27.4 Å². The lowest BCUT2D eigenvalue weighted by Crippen LogP contribution is -2.54. The van der Waals surface area contributed by atoms with Gasteiger partial charge >= 0.3 is 11.9 Å². The van der Waals surface area contributed by atoms with E-state index in [2.05, 4.69) is 15.3 Å². The molecule has 0 fully saturated rings. The van der Waals surface area contributed by atoms with Gasteiger partial charge in [0.25, 0.3) is 5.84 Å². The Balaban J connectivity index is 1.60. The minimum Gasteiger partial charge on any atom is -0.325 e. The van der Waals surface area contributed by atoms with E-state index in [1.54, 1.807) is 31.3 Å². The zero-order valence-corrected chi connectivity index (χ0v) is 18.9. The van der Waals surface area contributed by atoms with Gasteiger partial charge in [0, 0.05) is 10.7 Å². The molecule has 1 aromatic heterocycles. The molecule has 2 aliphatic heterocycles. The number of carbonyl (C=O) groups is 3. The standard InChI is InChI=1S/C20H16ClN5O3S2/c1-25-17-15(19(28)26(2)20(25)29)18(24-16(23-17)13-4-3-9-30-13)31-10-14(27)22-12-7-5-11(21)6-8-12/h3-9,15H,10H2,1-2H3/p+1. The minimum atomic E-state index is -0.829. The largest absolute Gasteiger partial charge is 0.445 e. The van der Waals surface area contributed by atoms with Gasteiger partial charge in [-0.3, -0.25) is 9.59 Å². The van der Waals surface area contributed by atoms with Crippen molar-refractivity contribution in [2.45, 2.75) is 0 Å². The van der Waals surface area contributed by atoms with Crippen LogP contribution in [0.3, 0.4) is 0 Å². The maximum Gasteiger partial charge on any atom is 0.445 e. The smallest absolute Gasteiger partial charge is 0.325 e. The first kappa shape index (κ1) is 21.4. The van der Waals surface area contributed by atoms with Crippen molar-refractivity contribution in [3.8, 4) is 0 Å². The second-order valence-electron chi connectivity index (χ2n) is 6.74. The lowest BCUT2D eigenvalue weighted by Gasteiger charge is -2.26. The zero-order valence-electron chi connectivity index (χ0n) is 16.5. The van der Waals surface area contributed by atoms with Crippen LogP contribution in [-0.4, -0.2) is 63.9 Å². The number of nitrogens with zero attached hydrogens (tertiary/aromatic N) is 4. The van der Waals surface area contributed by atoms with Gasteiger partial charge in [-0.25, -0.2) is 9.79 Å². The third kappa shape index (κ3) is 4.32. The third-order valence-corrected chi connectivity index (χ3v) is 6.80. The number of thioether (sulfide) groups is 1. The topological polar surface area (TPSA) is 94.2 Å². The maximum atomic E-state index is 12.9. The van der Waals surface area contributed by atoms with Crippen molar-refractivity contribution >= 4 is 74.9 Å². The Kier molecular flexibility index (Phi) is 6.03. The summed E-state index contributed by atoms with van der Waals surface area (Å²) in [4.78, 5) is 48.7. The summed E-state index contributed by atoms with van der Waals surface area (Å²) in [5.41, 5.74) is 0.618. The van der Waals surface area contributed by atoms with E-state index in [1.165, 1.54) is 23.0 Å². The van der Waals surface area contributed by atoms with Crippen LogP contribution in [0.2, 0.25) is 5.02 Å². The van der Waals surface area contributed by atoms with Gasteiger partial charge in [-0.05, 0) is 35.7 Å². The molecule has 1 aromatic carbocycles. The van der Waals surface area contributed by atoms with Crippen LogP contribution in [0.4, 0.5) is 10.5 Å². The van der Waals surface area contributed by atoms with Crippen LogP contribution in [0.15, 0.2) is 51.8 Å². The van der Waals surface area contributed by atoms with Crippen LogP contribution in [0, 0.1) is 5.92 Å². The normalized spacial score (nSPS) is 18.5. The molecule has 4 amide bonds. The number of thiophene rings is 1. The number of amides is 4. The number of benzene rings is 1. The SMILES string of the molecule is CN1C(=O)C2C(SCC(=O)Nc3ccc(Cl)cc3)=NC(c3cccs3)=NC2=[N+](C)C1=O. The molecule has 0 saturated heterocycles. The number of nitrogens with one attached hydrogen (secondary N) is 1. The molecule has 0 radical (unpaired) electrons. The minimum absolute atomic E-state index is 0.0393. The molecule has 3 heterocycles. The molecule has 158 valence electrons. The van der Waals surface area contributed by atoms with Crippen molar-refractivity contribution in [1.82, 2.24) is 4.90 Å². The molecule has 31 heavy (non-hydrogen) atoms. The van der Waals surface area contributed by atoms with Gasteiger partial charge in [0.2, 0.25) is 11.7 Å². The van der Waals surface area contributed by atoms with Crippen LogP contribution in [0.1, 0.15) is 4.88 Å². The maximum absolute atomic E-state index is 12.9.